The van der Waals surface area contributed by atoms with E-state index in [0.29, 0.717) is 6.61 Å². The number of nitrogens with one attached hydrogen (secondary N) is 2. The van der Waals surface area contributed by atoms with Crippen LogP contribution < -0.4 is 14.8 Å². The largest absolute Gasteiger partial charge is 0.494 e. The van der Waals surface area contributed by atoms with Crippen LogP contribution in [0.2, 0.25) is 0 Å². The van der Waals surface area contributed by atoms with Crippen LogP contribution in [0.4, 0.5) is 4.39 Å². The Labute approximate surface area is 187 Å². The third-order valence-corrected chi connectivity index (χ3v) is 6.21. The predicted molar refractivity (Wildman–Crippen MR) is 120 cm³/mol. The number of sulfonamides is 1. The molecule has 0 radical (unpaired) electrons. The van der Waals surface area contributed by atoms with Crippen LogP contribution in [0.15, 0.2) is 83.8 Å². The SMILES string of the molecule is CCOc1ccc(C(NC(=O)CCNS(=O)(=O)c2ccc(F)cc2)c2ccccc2)cc1. The van der Waals surface area contributed by atoms with Crippen molar-refractivity contribution in [1.29, 1.82) is 0 Å². The lowest BCUT2D eigenvalue weighted by molar-refractivity contribution is -0.121. The Balaban J connectivity index is 1.65. The number of rotatable bonds is 10. The first-order chi connectivity index (χ1) is 15.4. The highest BCUT2D eigenvalue weighted by Crippen LogP contribution is 2.24. The van der Waals surface area contributed by atoms with Crippen LogP contribution >= 0.6 is 0 Å². The molecule has 1 unspecified atom stereocenters. The van der Waals surface area contributed by atoms with E-state index in [4.69, 9.17) is 4.74 Å². The van der Waals surface area contributed by atoms with Gasteiger partial charge in [0.2, 0.25) is 15.9 Å². The minimum atomic E-state index is -3.83. The van der Waals surface area contributed by atoms with Crippen molar-refractivity contribution in [2.75, 3.05) is 13.2 Å². The first kappa shape index (κ1) is 23.4. The molecule has 0 saturated carbocycles. The van der Waals surface area contributed by atoms with Crippen molar-refractivity contribution in [2.24, 2.45) is 0 Å². The molecule has 168 valence electrons. The lowest BCUT2D eigenvalue weighted by atomic mass is 9.98. The second-order valence-electron chi connectivity index (χ2n) is 7.01. The molecule has 0 fully saturated rings. The van der Waals surface area contributed by atoms with Gasteiger partial charge in [0.25, 0.3) is 0 Å². The third kappa shape index (κ3) is 6.38. The van der Waals surface area contributed by atoms with Crippen LogP contribution in [0.1, 0.15) is 30.5 Å². The maximum absolute atomic E-state index is 13.0. The highest BCUT2D eigenvalue weighted by molar-refractivity contribution is 7.89. The minimum absolute atomic E-state index is 0.0548. The van der Waals surface area contributed by atoms with Gasteiger partial charge in [0.1, 0.15) is 11.6 Å². The summed E-state index contributed by atoms with van der Waals surface area (Å²) in [6.45, 7) is 2.38. The first-order valence-electron chi connectivity index (χ1n) is 10.2. The monoisotopic (exact) mass is 456 g/mol. The fourth-order valence-electron chi connectivity index (χ4n) is 3.16. The summed E-state index contributed by atoms with van der Waals surface area (Å²) in [5.41, 5.74) is 1.77. The second-order valence-corrected chi connectivity index (χ2v) is 8.78. The maximum Gasteiger partial charge on any atom is 0.240 e. The minimum Gasteiger partial charge on any atom is -0.494 e. The standard InChI is InChI=1S/C24H25FN2O4S/c1-2-31-21-12-8-19(9-13-21)24(18-6-4-3-5-7-18)27-23(28)16-17-26-32(29,30)22-14-10-20(25)11-15-22/h3-15,24,26H,2,16-17H2,1H3,(H,27,28). The van der Waals surface area contributed by atoms with Gasteiger partial charge in [-0.2, -0.15) is 0 Å². The van der Waals surface area contributed by atoms with Gasteiger partial charge in [0.15, 0.2) is 0 Å². The van der Waals surface area contributed by atoms with Crippen LogP contribution in [-0.4, -0.2) is 27.5 Å². The molecule has 0 spiro atoms. The number of carbonyl (C=O) groups is 1. The van der Waals surface area contributed by atoms with Crippen LogP contribution in [0.5, 0.6) is 5.75 Å². The van der Waals surface area contributed by atoms with E-state index in [1.54, 1.807) is 0 Å². The number of benzene rings is 3. The normalized spacial score (nSPS) is 12.2. The molecular weight excluding hydrogens is 431 g/mol. The number of carbonyl (C=O) groups excluding carboxylic acids is 1. The highest BCUT2D eigenvalue weighted by atomic mass is 32.2. The molecule has 0 bridgehead atoms. The van der Waals surface area contributed by atoms with Crippen molar-refractivity contribution in [3.63, 3.8) is 0 Å². The molecule has 1 atom stereocenters. The zero-order valence-corrected chi connectivity index (χ0v) is 18.4. The van der Waals surface area contributed by atoms with Gasteiger partial charge in [0.05, 0.1) is 17.5 Å². The topological polar surface area (TPSA) is 84.5 Å². The van der Waals surface area contributed by atoms with Gasteiger partial charge < -0.3 is 10.1 Å². The van der Waals surface area contributed by atoms with E-state index in [0.717, 1.165) is 29.0 Å². The third-order valence-electron chi connectivity index (χ3n) is 4.73. The number of hydrogen-bond acceptors (Lipinski definition) is 4. The Morgan fingerprint density at radius 3 is 2.19 bits per heavy atom. The lowest BCUT2D eigenvalue weighted by Gasteiger charge is -2.20. The zero-order chi connectivity index (χ0) is 23.0. The van der Waals surface area contributed by atoms with E-state index < -0.39 is 21.9 Å². The summed E-state index contributed by atoms with van der Waals surface area (Å²) in [6, 6.07) is 21.1. The van der Waals surface area contributed by atoms with Crippen molar-refractivity contribution in [3.8, 4) is 5.75 Å². The van der Waals surface area contributed by atoms with Crippen LogP contribution in [-0.2, 0) is 14.8 Å². The summed E-state index contributed by atoms with van der Waals surface area (Å²) in [5, 5.41) is 2.97. The molecular formula is C24H25FN2O4S. The summed E-state index contributed by atoms with van der Waals surface area (Å²) < 4.78 is 45.5. The number of amides is 1. The van der Waals surface area contributed by atoms with Gasteiger partial charge in [-0.05, 0) is 54.4 Å². The molecule has 0 aromatic heterocycles. The Kier molecular flexibility index (Phi) is 7.97. The maximum atomic E-state index is 13.0. The number of halogens is 1. The van der Waals surface area contributed by atoms with Gasteiger partial charge >= 0.3 is 0 Å². The average molecular weight is 457 g/mol. The van der Waals surface area contributed by atoms with Gasteiger partial charge in [-0.15, -0.1) is 0 Å². The quantitative estimate of drug-likeness (QED) is 0.486. The zero-order valence-electron chi connectivity index (χ0n) is 17.6. The summed E-state index contributed by atoms with van der Waals surface area (Å²) in [7, 11) is -3.83. The summed E-state index contributed by atoms with van der Waals surface area (Å²) in [4.78, 5) is 12.6. The predicted octanol–water partition coefficient (Wildman–Crippen LogP) is 3.80. The summed E-state index contributed by atoms with van der Waals surface area (Å²) in [5.74, 6) is -0.0938. The smallest absolute Gasteiger partial charge is 0.240 e. The molecule has 0 saturated heterocycles. The first-order valence-corrected chi connectivity index (χ1v) is 11.7. The molecule has 3 rings (SSSR count). The fourth-order valence-corrected chi connectivity index (χ4v) is 4.19. The fraction of sp³-hybridized carbons (Fsp3) is 0.208. The summed E-state index contributed by atoms with van der Waals surface area (Å²) >= 11 is 0. The van der Waals surface area contributed by atoms with Gasteiger partial charge in [0, 0.05) is 13.0 Å². The molecule has 0 aliphatic carbocycles. The van der Waals surface area contributed by atoms with Crippen molar-refractivity contribution >= 4 is 15.9 Å². The van der Waals surface area contributed by atoms with Crippen molar-refractivity contribution < 1.29 is 22.3 Å². The summed E-state index contributed by atoms with van der Waals surface area (Å²) in [6.07, 6.45) is -0.0548. The average Bonchev–Trinajstić information content (AvgIpc) is 2.79. The molecule has 2 N–H and O–H groups in total. The molecule has 8 heteroatoms. The van der Waals surface area contributed by atoms with E-state index >= 15 is 0 Å². The van der Waals surface area contributed by atoms with E-state index in [-0.39, 0.29) is 23.8 Å². The van der Waals surface area contributed by atoms with E-state index in [2.05, 4.69) is 10.0 Å². The van der Waals surface area contributed by atoms with E-state index in [1.807, 2.05) is 61.5 Å². The van der Waals surface area contributed by atoms with Crippen LogP contribution in [0, 0.1) is 5.82 Å². The highest BCUT2D eigenvalue weighted by Gasteiger charge is 2.18. The van der Waals surface area contributed by atoms with Crippen LogP contribution in [0.3, 0.4) is 0 Å². The molecule has 6 nitrogen and oxygen atoms in total. The van der Waals surface area contributed by atoms with Gasteiger partial charge in [-0.1, -0.05) is 42.5 Å². The molecule has 0 aliphatic rings. The van der Waals surface area contributed by atoms with Gasteiger partial charge in [-0.25, -0.2) is 17.5 Å². The Morgan fingerprint density at radius 1 is 0.938 bits per heavy atom. The van der Waals surface area contributed by atoms with Crippen molar-refractivity contribution in [2.45, 2.75) is 24.3 Å². The molecule has 32 heavy (non-hydrogen) atoms. The number of hydrogen-bond donors (Lipinski definition) is 2. The second kappa shape index (κ2) is 10.9. The van der Waals surface area contributed by atoms with E-state index in [9.17, 15) is 17.6 Å². The lowest BCUT2D eigenvalue weighted by Crippen LogP contribution is -2.33. The Hall–Kier alpha value is -3.23. The Bertz CT molecular complexity index is 1120. The molecule has 0 aliphatic heterocycles. The molecule has 0 heterocycles. The van der Waals surface area contributed by atoms with Gasteiger partial charge in [-0.3, -0.25) is 4.79 Å². The van der Waals surface area contributed by atoms with Crippen molar-refractivity contribution in [1.82, 2.24) is 10.0 Å². The van der Waals surface area contributed by atoms with Crippen LogP contribution in [0.25, 0.3) is 0 Å². The number of ether oxygens (including phenoxy) is 1. The molecule has 3 aromatic rings. The Morgan fingerprint density at radius 2 is 1.56 bits per heavy atom. The van der Waals surface area contributed by atoms with Crippen molar-refractivity contribution in [3.05, 3.63) is 95.8 Å². The van der Waals surface area contributed by atoms with E-state index in [1.165, 1.54) is 12.1 Å². The molecule has 1 amide bonds. The molecule has 3 aromatic carbocycles.